The van der Waals surface area contributed by atoms with Crippen LogP contribution in [0.1, 0.15) is 37.7 Å². The molecule has 0 atom stereocenters. The van der Waals surface area contributed by atoms with Crippen LogP contribution in [0.25, 0.3) is 16.6 Å². The Morgan fingerprint density at radius 3 is 2.38 bits per heavy atom. The van der Waals surface area contributed by atoms with Crippen LogP contribution >= 0.6 is 0 Å². The smallest absolute Gasteiger partial charge is 0.263 e. The van der Waals surface area contributed by atoms with Crippen molar-refractivity contribution in [3.63, 3.8) is 0 Å². The van der Waals surface area contributed by atoms with E-state index in [1.165, 1.54) is 12.1 Å². The molecule has 2 heterocycles. The van der Waals surface area contributed by atoms with Crippen molar-refractivity contribution in [1.29, 1.82) is 0 Å². The summed E-state index contributed by atoms with van der Waals surface area (Å²) in [4.78, 5) is 4.39. The van der Waals surface area contributed by atoms with Gasteiger partial charge in [-0.15, -0.1) is 0 Å². The first kappa shape index (κ1) is 22.0. The molecule has 4 aromatic rings. The number of pyridine rings is 1. The zero-order valence-electron chi connectivity index (χ0n) is 18.6. The van der Waals surface area contributed by atoms with Gasteiger partial charge in [-0.25, -0.2) is 17.5 Å². The van der Waals surface area contributed by atoms with Gasteiger partial charge in [0.15, 0.2) is 0 Å². The number of nitrogens with one attached hydrogen (secondary N) is 1. The van der Waals surface area contributed by atoms with Gasteiger partial charge in [0.1, 0.15) is 11.6 Å². The number of sulfonamides is 1. The molecular formula is C24H25FN4O2S. The lowest BCUT2D eigenvalue weighted by molar-refractivity contribution is 0.519. The van der Waals surface area contributed by atoms with Gasteiger partial charge in [-0.2, -0.15) is 5.10 Å². The highest BCUT2D eigenvalue weighted by Crippen LogP contribution is 2.29. The molecule has 4 rings (SSSR count). The maximum atomic E-state index is 14.7. The molecule has 0 saturated carbocycles. The van der Waals surface area contributed by atoms with Crippen LogP contribution in [0.15, 0.2) is 59.5 Å². The van der Waals surface area contributed by atoms with Crippen LogP contribution in [0.4, 0.5) is 10.2 Å². The van der Waals surface area contributed by atoms with Gasteiger partial charge in [-0.3, -0.25) is 9.71 Å². The van der Waals surface area contributed by atoms with Crippen molar-refractivity contribution in [3.8, 4) is 5.69 Å². The second-order valence-electron chi connectivity index (χ2n) is 8.88. The third-order valence-electron chi connectivity index (χ3n) is 5.18. The summed E-state index contributed by atoms with van der Waals surface area (Å²) in [5, 5.41) is 5.34. The van der Waals surface area contributed by atoms with E-state index < -0.39 is 21.3 Å². The molecule has 0 spiro atoms. The summed E-state index contributed by atoms with van der Waals surface area (Å²) in [5.41, 5.74) is 2.92. The van der Waals surface area contributed by atoms with Crippen molar-refractivity contribution < 1.29 is 12.8 Å². The number of hydrogen-bond donors (Lipinski definition) is 1. The number of aryl methyl sites for hydroxylation is 2. The van der Waals surface area contributed by atoms with Gasteiger partial charge < -0.3 is 0 Å². The van der Waals surface area contributed by atoms with Crippen LogP contribution in [-0.2, 0) is 15.4 Å². The number of benzene rings is 2. The first-order valence-corrected chi connectivity index (χ1v) is 11.7. The summed E-state index contributed by atoms with van der Waals surface area (Å²) >= 11 is 0. The highest BCUT2D eigenvalue weighted by Gasteiger charge is 2.24. The number of anilines is 1. The first-order chi connectivity index (χ1) is 15.0. The molecule has 6 nitrogen and oxygen atoms in total. The van der Waals surface area contributed by atoms with Crippen LogP contribution < -0.4 is 4.72 Å². The Bertz CT molecular complexity index is 1440. The lowest BCUT2D eigenvalue weighted by atomic mass is 9.87. The molecule has 0 bridgehead atoms. The molecule has 0 radical (unpaired) electrons. The van der Waals surface area contributed by atoms with Gasteiger partial charge in [0.05, 0.1) is 21.8 Å². The zero-order chi connectivity index (χ0) is 23.3. The van der Waals surface area contributed by atoms with Crippen molar-refractivity contribution in [3.05, 3.63) is 77.4 Å². The van der Waals surface area contributed by atoms with E-state index in [4.69, 9.17) is 0 Å². The van der Waals surface area contributed by atoms with E-state index in [-0.39, 0.29) is 10.7 Å². The van der Waals surface area contributed by atoms with Crippen LogP contribution in [0.5, 0.6) is 0 Å². The molecule has 0 unspecified atom stereocenters. The standard InChI is InChI=1S/C24H25FN4O2S/c1-15-12-22(18-8-6-7-9-21(18)26-15)29-23(13-16(2)27-29)28-32(30,31)17-10-11-19(20(25)14-17)24(3,4)5/h6-14,28H,1-5H3. The minimum Gasteiger partial charge on any atom is -0.263 e. The van der Waals surface area contributed by atoms with Crippen molar-refractivity contribution in [1.82, 2.24) is 14.8 Å². The fourth-order valence-electron chi connectivity index (χ4n) is 3.68. The average molecular weight is 453 g/mol. The van der Waals surface area contributed by atoms with Crippen molar-refractivity contribution in [2.45, 2.75) is 44.9 Å². The fourth-order valence-corrected chi connectivity index (χ4v) is 4.73. The maximum absolute atomic E-state index is 14.7. The lowest BCUT2D eigenvalue weighted by Crippen LogP contribution is -2.18. The number of para-hydroxylation sites is 1. The topological polar surface area (TPSA) is 76.9 Å². The summed E-state index contributed by atoms with van der Waals surface area (Å²) in [6.07, 6.45) is 0. The highest BCUT2D eigenvalue weighted by atomic mass is 32.2. The Kier molecular flexibility index (Phi) is 5.29. The van der Waals surface area contributed by atoms with E-state index in [9.17, 15) is 12.8 Å². The van der Waals surface area contributed by atoms with Gasteiger partial charge in [-0.1, -0.05) is 45.0 Å². The van der Waals surface area contributed by atoms with Gasteiger partial charge in [-0.05, 0) is 49.1 Å². The number of nitrogens with zero attached hydrogens (tertiary/aromatic N) is 3. The number of hydrogen-bond acceptors (Lipinski definition) is 4. The zero-order valence-corrected chi connectivity index (χ0v) is 19.5. The van der Waals surface area contributed by atoms with E-state index in [0.29, 0.717) is 16.9 Å². The van der Waals surface area contributed by atoms with E-state index in [1.807, 2.05) is 58.0 Å². The molecule has 8 heteroatoms. The first-order valence-electron chi connectivity index (χ1n) is 10.2. The monoisotopic (exact) mass is 452 g/mol. The second kappa shape index (κ2) is 7.70. The predicted octanol–water partition coefficient (Wildman–Crippen LogP) is 5.27. The van der Waals surface area contributed by atoms with Crippen molar-refractivity contribution in [2.75, 3.05) is 4.72 Å². The molecule has 2 aromatic carbocycles. The van der Waals surface area contributed by atoms with Crippen LogP contribution in [0.2, 0.25) is 0 Å². The number of halogens is 1. The Balaban J connectivity index is 1.79. The molecule has 32 heavy (non-hydrogen) atoms. The lowest BCUT2D eigenvalue weighted by Gasteiger charge is -2.20. The Morgan fingerprint density at radius 1 is 0.969 bits per heavy atom. The Hall–Kier alpha value is -3.26. The number of rotatable bonds is 4. The fraction of sp³-hybridized carbons (Fsp3) is 0.250. The predicted molar refractivity (Wildman–Crippen MR) is 124 cm³/mol. The van der Waals surface area contributed by atoms with Gasteiger partial charge in [0.25, 0.3) is 10.0 Å². The molecular weight excluding hydrogens is 427 g/mol. The second-order valence-corrected chi connectivity index (χ2v) is 10.6. The van der Waals surface area contributed by atoms with Gasteiger partial charge >= 0.3 is 0 Å². The molecule has 0 aliphatic carbocycles. The highest BCUT2D eigenvalue weighted by molar-refractivity contribution is 7.92. The summed E-state index contributed by atoms with van der Waals surface area (Å²) < 4.78 is 45.0. The third kappa shape index (κ3) is 4.10. The van der Waals surface area contributed by atoms with E-state index in [1.54, 1.807) is 17.7 Å². The average Bonchev–Trinajstić information content (AvgIpc) is 3.05. The quantitative estimate of drug-likeness (QED) is 0.457. The van der Waals surface area contributed by atoms with Crippen molar-refractivity contribution in [2.24, 2.45) is 0 Å². The van der Waals surface area contributed by atoms with Crippen LogP contribution in [-0.4, -0.2) is 23.2 Å². The molecule has 0 aliphatic heterocycles. The minimum atomic E-state index is -4.05. The van der Waals surface area contributed by atoms with Gasteiger partial charge in [0, 0.05) is 17.1 Å². The summed E-state index contributed by atoms with van der Waals surface area (Å²) in [6.45, 7) is 9.28. The summed E-state index contributed by atoms with van der Waals surface area (Å²) in [7, 11) is -4.05. The molecule has 0 amide bonds. The molecule has 1 N–H and O–H groups in total. The van der Waals surface area contributed by atoms with Crippen LogP contribution in [0, 0.1) is 19.7 Å². The summed E-state index contributed by atoms with van der Waals surface area (Å²) in [6, 6.07) is 15.1. The minimum absolute atomic E-state index is 0.149. The Morgan fingerprint density at radius 2 is 1.69 bits per heavy atom. The number of fused-ring (bicyclic) bond motifs is 1. The maximum Gasteiger partial charge on any atom is 0.263 e. The van der Waals surface area contributed by atoms with Crippen molar-refractivity contribution >= 4 is 26.7 Å². The third-order valence-corrected chi connectivity index (χ3v) is 6.53. The van der Waals surface area contributed by atoms with Crippen LogP contribution in [0.3, 0.4) is 0 Å². The number of aromatic nitrogens is 3. The SMILES string of the molecule is Cc1cc(-n2nc(C)cc2NS(=O)(=O)c2ccc(C(C)(C)C)c(F)c2)c2ccccc2n1. The molecule has 0 aliphatic rings. The summed E-state index contributed by atoms with van der Waals surface area (Å²) in [5.74, 6) is -0.292. The van der Waals surface area contributed by atoms with E-state index in [0.717, 1.165) is 22.7 Å². The molecule has 0 saturated heterocycles. The normalized spacial score (nSPS) is 12.3. The molecule has 166 valence electrons. The van der Waals surface area contributed by atoms with E-state index in [2.05, 4.69) is 14.8 Å². The molecule has 0 fully saturated rings. The molecule has 2 aromatic heterocycles. The Labute approximate surface area is 187 Å². The van der Waals surface area contributed by atoms with E-state index >= 15 is 0 Å². The van der Waals surface area contributed by atoms with Gasteiger partial charge in [0.2, 0.25) is 0 Å². The largest absolute Gasteiger partial charge is 0.263 e.